The third-order valence-corrected chi connectivity index (χ3v) is 2.95. The molecule has 1 heterocycles. The summed E-state index contributed by atoms with van der Waals surface area (Å²) in [6, 6.07) is 5.34. The molecule has 1 fully saturated rings. The van der Waals surface area contributed by atoms with E-state index in [4.69, 9.17) is 26.8 Å². The van der Waals surface area contributed by atoms with Gasteiger partial charge in [0.05, 0.1) is 11.6 Å². The Morgan fingerprint density at radius 1 is 1.67 bits per heavy atom. The summed E-state index contributed by atoms with van der Waals surface area (Å²) in [4.78, 5) is 10.8. The Bertz CT molecular complexity index is 451. The average Bonchev–Trinajstić information content (AvgIpc) is 2.73. The molecule has 1 saturated heterocycles. The molecule has 1 aliphatic heterocycles. The Morgan fingerprint density at radius 2 is 2.44 bits per heavy atom. The van der Waals surface area contributed by atoms with Gasteiger partial charge in [-0.3, -0.25) is 0 Å². The van der Waals surface area contributed by atoms with E-state index in [1.165, 1.54) is 0 Å². The molecule has 6 heteroatoms. The number of ether oxygens (including phenoxy) is 2. The van der Waals surface area contributed by atoms with Gasteiger partial charge in [0.25, 0.3) is 0 Å². The first kappa shape index (κ1) is 13.0. The molecule has 1 unspecified atom stereocenters. The van der Waals surface area contributed by atoms with Crippen LogP contribution < -0.4 is 15.8 Å². The molecule has 0 saturated carbocycles. The highest BCUT2D eigenvalue weighted by Gasteiger charge is 2.23. The summed E-state index contributed by atoms with van der Waals surface area (Å²) >= 11 is 6.08. The number of nitrogens with one attached hydrogen (secondary N) is 1. The number of amides is 1. The number of carbonyl (C=O) groups excluding carboxylic acids is 1. The van der Waals surface area contributed by atoms with Crippen LogP contribution in [0.1, 0.15) is 18.5 Å². The monoisotopic (exact) mass is 270 g/mol. The largest absolute Gasteiger partial charge is 0.488 e. The molecule has 0 spiro atoms. The van der Waals surface area contributed by atoms with Gasteiger partial charge in [-0.2, -0.15) is 0 Å². The maximum Gasteiger partial charge on any atom is 0.407 e. The number of halogens is 1. The predicted octanol–water partition coefficient (Wildman–Crippen LogP) is 1.85. The maximum absolute atomic E-state index is 10.8. The number of alkyl carbamates (subject to hydrolysis) is 1. The smallest absolute Gasteiger partial charge is 0.407 e. The fourth-order valence-electron chi connectivity index (χ4n) is 1.62. The quantitative estimate of drug-likeness (QED) is 0.876. The van der Waals surface area contributed by atoms with Crippen LogP contribution in [-0.2, 0) is 4.74 Å². The molecule has 2 rings (SSSR count). The Labute approximate surface area is 110 Å². The second-order valence-electron chi connectivity index (χ2n) is 4.20. The first-order valence-electron chi connectivity index (χ1n) is 5.68. The summed E-state index contributed by atoms with van der Waals surface area (Å²) < 4.78 is 10.5. The van der Waals surface area contributed by atoms with Crippen LogP contribution >= 0.6 is 11.6 Å². The number of nitrogens with two attached hydrogens (primary N) is 1. The number of hydrogen-bond donors (Lipinski definition) is 2. The van der Waals surface area contributed by atoms with Crippen molar-refractivity contribution in [2.75, 3.05) is 13.2 Å². The summed E-state index contributed by atoms with van der Waals surface area (Å²) in [5, 5.41) is 3.06. The van der Waals surface area contributed by atoms with Gasteiger partial charge in [0.1, 0.15) is 12.4 Å². The Kier molecular flexibility index (Phi) is 3.93. The SMILES string of the molecule is C[C@H](N)c1ccc(OCC2CNC(=O)O2)c(Cl)c1. The summed E-state index contributed by atoms with van der Waals surface area (Å²) in [5.41, 5.74) is 6.70. The van der Waals surface area contributed by atoms with Crippen LogP contribution in [0.5, 0.6) is 5.75 Å². The third-order valence-electron chi connectivity index (χ3n) is 2.65. The highest BCUT2D eigenvalue weighted by molar-refractivity contribution is 6.32. The molecule has 1 amide bonds. The van der Waals surface area contributed by atoms with E-state index in [9.17, 15) is 4.79 Å². The maximum atomic E-state index is 10.8. The minimum Gasteiger partial charge on any atom is -0.488 e. The number of benzene rings is 1. The molecule has 2 atom stereocenters. The molecule has 98 valence electrons. The van der Waals surface area contributed by atoms with Crippen LogP contribution in [0, 0.1) is 0 Å². The van der Waals surface area contributed by atoms with Crippen molar-refractivity contribution in [3.8, 4) is 5.75 Å². The molecule has 18 heavy (non-hydrogen) atoms. The standard InChI is InChI=1S/C12H15ClN2O3/c1-7(14)8-2-3-11(10(13)4-8)17-6-9-5-15-12(16)18-9/h2-4,7,9H,5-6,14H2,1H3,(H,15,16)/t7-,9?/m0/s1. The minimum atomic E-state index is -0.415. The van der Waals surface area contributed by atoms with Crippen molar-refractivity contribution in [3.05, 3.63) is 28.8 Å². The molecule has 0 radical (unpaired) electrons. The molecule has 0 bridgehead atoms. The molecule has 0 aliphatic carbocycles. The van der Waals surface area contributed by atoms with E-state index in [1.807, 2.05) is 13.0 Å². The number of cyclic esters (lactones) is 1. The van der Waals surface area contributed by atoms with Crippen LogP contribution in [0.3, 0.4) is 0 Å². The van der Waals surface area contributed by atoms with E-state index in [2.05, 4.69) is 5.32 Å². The first-order valence-corrected chi connectivity index (χ1v) is 6.06. The van der Waals surface area contributed by atoms with Crippen LogP contribution in [-0.4, -0.2) is 25.3 Å². The summed E-state index contributed by atoms with van der Waals surface area (Å²) in [6.45, 7) is 2.61. The Balaban J connectivity index is 1.95. The number of carbonyl (C=O) groups is 1. The Morgan fingerprint density at radius 3 is 3.00 bits per heavy atom. The van der Waals surface area contributed by atoms with Crippen LogP contribution in [0.2, 0.25) is 5.02 Å². The van der Waals surface area contributed by atoms with Crippen molar-refractivity contribution in [1.29, 1.82) is 0 Å². The predicted molar refractivity (Wildman–Crippen MR) is 67.8 cm³/mol. The highest BCUT2D eigenvalue weighted by atomic mass is 35.5. The van der Waals surface area contributed by atoms with Crippen molar-refractivity contribution in [3.63, 3.8) is 0 Å². The number of rotatable bonds is 4. The zero-order valence-electron chi connectivity index (χ0n) is 9.98. The molecular weight excluding hydrogens is 256 g/mol. The van der Waals surface area contributed by atoms with E-state index in [1.54, 1.807) is 12.1 Å². The van der Waals surface area contributed by atoms with Crippen molar-refractivity contribution in [1.82, 2.24) is 5.32 Å². The van der Waals surface area contributed by atoms with Gasteiger partial charge in [-0.1, -0.05) is 17.7 Å². The zero-order chi connectivity index (χ0) is 13.1. The van der Waals surface area contributed by atoms with Crippen molar-refractivity contribution < 1.29 is 14.3 Å². The van der Waals surface area contributed by atoms with E-state index < -0.39 is 6.09 Å². The van der Waals surface area contributed by atoms with Gasteiger partial charge in [-0.15, -0.1) is 0 Å². The van der Waals surface area contributed by atoms with Crippen LogP contribution in [0.25, 0.3) is 0 Å². The lowest BCUT2D eigenvalue weighted by molar-refractivity contribution is 0.105. The van der Waals surface area contributed by atoms with Gasteiger partial charge in [0.15, 0.2) is 6.10 Å². The van der Waals surface area contributed by atoms with E-state index >= 15 is 0 Å². The van der Waals surface area contributed by atoms with Gasteiger partial charge < -0.3 is 20.5 Å². The average molecular weight is 271 g/mol. The molecule has 0 aromatic heterocycles. The molecule has 1 aromatic carbocycles. The van der Waals surface area contributed by atoms with Crippen LogP contribution in [0.4, 0.5) is 4.79 Å². The van der Waals surface area contributed by atoms with Gasteiger partial charge in [-0.05, 0) is 24.6 Å². The van der Waals surface area contributed by atoms with Gasteiger partial charge in [-0.25, -0.2) is 4.79 Å². The van der Waals surface area contributed by atoms with Gasteiger partial charge >= 0.3 is 6.09 Å². The zero-order valence-corrected chi connectivity index (χ0v) is 10.7. The van der Waals surface area contributed by atoms with E-state index in [-0.39, 0.29) is 18.8 Å². The summed E-state index contributed by atoms with van der Waals surface area (Å²) in [7, 11) is 0. The second-order valence-corrected chi connectivity index (χ2v) is 4.60. The molecule has 5 nitrogen and oxygen atoms in total. The fourth-order valence-corrected chi connectivity index (χ4v) is 1.87. The topological polar surface area (TPSA) is 73.6 Å². The number of hydrogen-bond acceptors (Lipinski definition) is 4. The Hall–Kier alpha value is -1.46. The third kappa shape index (κ3) is 3.05. The molecule has 1 aliphatic rings. The first-order chi connectivity index (χ1) is 8.56. The van der Waals surface area contributed by atoms with E-state index in [0.717, 1.165) is 5.56 Å². The summed E-state index contributed by atoms with van der Waals surface area (Å²) in [5.74, 6) is 0.559. The van der Waals surface area contributed by atoms with Crippen LogP contribution in [0.15, 0.2) is 18.2 Å². The second kappa shape index (κ2) is 5.46. The van der Waals surface area contributed by atoms with Gasteiger partial charge in [0, 0.05) is 6.04 Å². The van der Waals surface area contributed by atoms with Gasteiger partial charge in [0.2, 0.25) is 0 Å². The molecule has 3 N–H and O–H groups in total. The lowest BCUT2D eigenvalue weighted by atomic mass is 10.1. The van der Waals surface area contributed by atoms with Crippen molar-refractivity contribution >= 4 is 17.7 Å². The normalized spacial score (nSPS) is 20.2. The molecule has 1 aromatic rings. The highest BCUT2D eigenvalue weighted by Crippen LogP contribution is 2.27. The lowest BCUT2D eigenvalue weighted by Crippen LogP contribution is -2.22. The van der Waals surface area contributed by atoms with E-state index in [0.29, 0.717) is 17.3 Å². The van der Waals surface area contributed by atoms with Crippen molar-refractivity contribution in [2.45, 2.75) is 19.1 Å². The lowest BCUT2D eigenvalue weighted by Gasteiger charge is -2.13. The summed E-state index contributed by atoms with van der Waals surface area (Å²) in [6.07, 6.45) is -0.691. The minimum absolute atomic E-state index is 0.0727. The van der Waals surface area contributed by atoms with Crippen molar-refractivity contribution in [2.24, 2.45) is 5.73 Å². The fraction of sp³-hybridized carbons (Fsp3) is 0.417. The molecular formula is C12H15ClN2O3.